The number of benzene rings is 1. The lowest BCUT2D eigenvalue weighted by Crippen LogP contribution is -2.26. The van der Waals surface area contributed by atoms with E-state index in [1.54, 1.807) is 0 Å². The fourth-order valence-corrected chi connectivity index (χ4v) is 1.86. The van der Waals surface area contributed by atoms with Gasteiger partial charge in [-0.2, -0.15) is 0 Å². The van der Waals surface area contributed by atoms with E-state index in [0.29, 0.717) is 12.3 Å². The van der Waals surface area contributed by atoms with Crippen LogP contribution in [0.5, 0.6) is 0 Å². The lowest BCUT2D eigenvalue weighted by atomic mass is 9.93. The molecule has 1 atom stereocenters. The van der Waals surface area contributed by atoms with Crippen LogP contribution in [-0.4, -0.2) is 17.1 Å². The number of carbonyl (C=O) groups is 1. The monoisotopic (exact) mass is 221 g/mol. The van der Waals surface area contributed by atoms with Crippen LogP contribution in [0.1, 0.15) is 37.3 Å². The highest BCUT2D eigenvalue weighted by Crippen LogP contribution is 2.20. The molecule has 0 saturated heterocycles. The van der Waals surface area contributed by atoms with Crippen molar-refractivity contribution in [2.45, 2.75) is 38.6 Å². The molecule has 0 unspecified atom stereocenters. The van der Waals surface area contributed by atoms with Crippen molar-refractivity contribution < 1.29 is 9.90 Å². The fraction of sp³-hybridized carbons (Fsp3) is 0.462. The first kappa shape index (κ1) is 12.7. The largest absolute Gasteiger partial charge is 0.481 e. The maximum Gasteiger partial charge on any atom is 0.304 e. The molecule has 88 valence electrons. The number of hydrogen-bond donors (Lipinski definition) is 2. The number of rotatable bonds is 5. The van der Waals surface area contributed by atoms with Gasteiger partial charge in [0.15, 0.2) is 0 Å². The van der Waals surface area contributed by atoms with Crippen molar-refractivity contribution in [3.8, 4) is 0 Å². The van der Waals surface area contributed by atoms with Crippen LogP contribution in [0.4, 0.5) is 0 Å². The van der Waals surface area contributed by atoms with E-state index < -0.39 is 5.97 Å². The molecule has 0 aliphatic carbocycles. The van der Waals surface area contributed by atoms with Crippen molar-refractivity contribution in [3.05, 3.63) is 35.4 Å². The predicted molar refractivity (Wildman–Crippen MR) is 64.5 cm³/mol. The standard InChI is InChI=1S/C13H19NO2/c1-9(2)12-6-4-3-5-10(12)7-11(14)8-13(15)16/h3-6,9,11H,7-8,14H2,1-2H3,(H,15,16)/t11-/m0/s1. The Morgan fingerprint density at radius 1 is 1.38 bits per heavy atom. The summed E-state index contributed by atoms with van der Waals surface area (Å²) in [5.74, 6) is -0.400. The van der Waals surface area contributed by atoms with Gasteiger partial charge in [-0.25, -0.2) is 0 Å². The van der Waals surface area contributed by atoms with E-state index in [1.165, 1.54) is 5.56 Å². The molecule has 3 N–H and O–H groups in total. The molecule has 3 nitrogen and oxygen atoms in total. The number of carboxylic acids is 1. The molecule has 16 heavy (non-hydrogen) atoms. The van der Waals surface area contributed by atoms with Gasteiger partial charge < -0.3 is 10.8 Å². The van der Waals surface area contributed by atoms with Crippen molar-refractivity contribution in [1.82, 2.24) is 0 Å². The van der Waals surface area contributed by atoms with Gasteiger partial charge in [-0.05, 0) is 23.5 Å². The Bertz CT molecular complexity index is 361. The minimum absolute atomic E-state index is 0.0203. The van der Waals surface area contributed by atoms with Gasteiger partial charge in [-0.3, -0.25) is 4.79 Å². The molecule has 0 aromatic heterocycles. The van der Waals surface area contributed by atoms with Gasteiger partial charge in [-0.1, -0.05) is 38.1 Å². The topological polar surface area (TPSA) is 63.3 Å². The van der Waals surface area contributed by atoms with Crippen molar-refractivity contribution in [2.24, 2.45) is 5.73 Å². The minimum atomic E-state index is -0.838. The van der Waals surface area contributed by atoms with Gasteiger partial charge in [0.2, 0.25) is 0 Å². The average Bonchev–Trinajstić information content (AvgIpc) is 2.16. The number of carboxylic acid groups (broad SMARTS) is 1. The molecular weight excluding hydrogens is 202 g/mol. The van der Waals surface area contributed by atoms with Crippen LogP contribution in [0, 0.1) is 0 Å². The molecule has 0 bridgehead atoms. The second-order valence-corrected chi connectivity index (χ2v) is 4.42. The summed E-state index contributed by atoms with van der Waals surface area (Å²) in [4.78, 5) is 10.5. The SMILES string of the molecule is CC(C)c1ccccc1C[C@H](N)CC(=O)O. The van der Waals surface area contributed by atoms with E-state index in [2.05, 4.69) is 19.9 Å². The second kappa shape index (κ2) is 5.66. The summed E-state index contributed by atoms with van der Waals surface area (Å²) in [5.41, 5.74) is 8.21. The van der Waals surface area contributed by atoms with Gasteiger partial charge >= 0.3 is 5.97 Å². The Labute approximate surface area is 96.3 Å². The fourth-order valence-electron chi connectivity index (χ4n) is 1.86. The molecule has 0 aliphatic heterocycles. The van der Waals surface area contributed by atoms with E-state index in [-0.39, 0.29) is 12.5 Å². The zero-order valence-electron chi connectivity index (χ0n) is 9.81. The summed E-state index contributed by atoms with van der Waals surface area (Å²) in [6.07, 6.45) is 0.646. The van der Waals surface area contributed by atoms with Crippen molar-refractivity contribution in [1.29, 1.82) is 0 Å². The van der Waals surface area contributed by atoms with Crippen LogP contribution < -0.4 is 5.73 Å². The summed E-state index contributed by atoms with van der Waals surface area (Å²) in [5, 5.41) is 8.66. The lowest BCUT2D eigenvalue weighted by molar-refractivity contribution is -0.137. The van der Waals surface area contributed by atoms with Crippen molar-refractivity contribution in [3.63, 3.8) is 0 Å². The van der Waals surface area contributed by atoms with Gasteiger partial charge in [0.05, 0.1) is 6.42 Å². The Balaban J connectivity index is 2.76. The zero-order chi connectivity index (χ0) is 12.1. The first-order chi connectivity index (χ1) is 7.50. The van der Waals surface area contributed by atoms with Crippen LogP contribution in [0.25, 0.3) is 0 Å². The Morgan fingerprint density at radius 3 is 2.56 bits per heavy atom. The maximum absolute atomic E-state index is 10.5. The summed E-state index contributed by atoms with van der Waals surface area (Å²) in [6, 6.07) is 7.76. The first-order valence-electron chi connectivity index (χ1n) is 5.56. The quantitative estimate of drug-likeness (QED) is 0.800. The smallest absolute Gasteiger partial charge is 0.304 e. The molecular formula is C13H19NO2. The van der Waals surface area contributed by atoms with Gasteiger partial charge in [0, 0.05) is 6.04 Å². The number of hydrogen-bond acceptors (Lipinski definition) is 2. The van der Waals surface area contributed by atoms with E-state index in [4.69, 9.17) is 10.8 Å². The number of nitrogens with two attached hydrogens (primary N) is 1. The highest BCUT2D eigenvalue weighted by molar-refractivity contribution is 5.67. The normalized spacial score (nSPS) is 12.8. The van der Waals surface area contributed by atoms with E-state index in [1.807, 2.05) is 18.2 Å². The maximum atomic E-state index is 10.5. The molecule has 0 fully saturated rings. The predicted octanol–water partition coefficient (Wildman–Crippen LogP) is 2.15. The van der Waals surface area contributed by atoms with Crippen molar-refractivity contribution >= 4 is 5.97 Å². The van der Waals surface area contributed by atoms with Gasteiger partial charge in [0.25, 0.3) is 0 Å². The second-order valence-electron chi connectivity index (χ2n) is 4.42. The summed E-state index contributed by atoms with van der Waals surface area (Å²) < 4.78 is 0. The molecule has 3 heteroatoms. The third-order valence-electron chi connectivity index (χ3n) is 2.60. The zero-order valence-corrected chi connectivity index (χ0v) is 9.81. The average molecular weight is 221 g/mol. The van der Waals surface area contributed by atoms with Gasteiger partial charge in [-0.15, -0.1) is 0 Å². The number of aliphatic carboxylic acids is 1. The molecule has 0 saturated carbocycles. The van der Waals surface area contributed by atoms with Crippen LogP contribution in [-0.2, 0) is 11.2 Å². The first-order valence-corrected chi connectivity index (χ1v) is 5.56. The molecule has 0 amide bonds. The van der Waals surface area contributed by atoms with Crippen LogP contribution in [0.15, 0.2) is 24.3 Å². The molecule has 1 aromatic rings. The Kier molecular flexibility index (Phi) is 4.50. The van der Waals surface area contributed by atoms with E-state index in [9.17, 15) is 4.79 Å². The molecule has 0 radical (unpaired) electrons. The third-order valence-corrected chi connectivity index (χ3v) is 2.60. The summed E-state index contributed by atoms with van der Waals surface area (Å²) in [6.45, 7) is 4.25. The molecule has 1 rings (SSSR count). The third kappa shape index (κ3) is 3.66. The molecule has 0 heterocycles. The summed E-state index contributed by atoms with van der Waals surface area (Å²) in [7, 11) is 0. The highest BCUT2D eigenvalue weighted by Gasteiger charge is 2.12. The minimum Gasteiger partial charge on any atom is -0.481 e. The molecule has 1 aromatic carbocycles. The van der Waals surface area contributed by atoms with Crippen LogP contribution in [0.3, 0.4) is 0 Å². The van der Waals surface area contributed by atoms with Crippen molar-refractivity contribution in [2.75, 3.05) is 0 Å². The Hall–Kier alpha value is -1.35. The summed E-state index contributed by atoms with van der Waals surface area (Å²) >= 11 is 0. The van der Waals surface area contributed by atoms with E-state index >= 15 is 0 Å². The van der Waals surface area contributed by atoms with Crippen LogP contribution in [0.2, 0.25) is 0 Å². The lowest BCUT2D eigenvalue weighted by Gasteiger charge is -2.15. The van der Waals surface area contributed by atoms with E-state index in [0.717, 1.165) is 5.56 Å². The molecule has 0 spiro atoms. The highest BCUT2D eigenvalue weighted by atomic mass is 16.4. The van der Waals surface area contributed by atoms with Gasteiger partial charge in [0.1, 0.15) is 0 Å². The Morgan fingerprint density at radius 2 is 2.00 bits per heavy atom. The van der Waals surface area contributed by atoms with Crippen LogP contribution >= 0.6 is 0 Å². The molecule has 0 aliphatic rings.